The number of amides is 1. The summed E-state index contributed by atoms with van der Waals surface area (Å²) in [5.74, 6) is -0.0490. The molecule has 0 aliphatic heterocycles. The van der Waals surface area contributed by atoms with E-state index in [1.807, 2.05) is 0 Å². The Bertz CT molecular complexity index is 847. The lowest BCUT2D eigenvalue weighted by Crippen LogP contribution is -2.45. The molecule has 0 spiro atoms. The minimum absolute atomic E-state index is 0.00125. The Balaban J connectivity index is 3.44. The standard InChI is InChI=1S/C51H99NO5/c1-3-5-7-9-11-13-15-25-29-33-37-41-45-51(56)57-46-42-38-34-30-26-22-20-18-16-17-19-21-24-28-32-36-40-44-50(55)52-48(47-53)49(54)43-39-35-31-27-23-14-12-10-8-6-4-2/h16,18,48-49,53-54H,3-15,17,19-47H2,1-2H3,(H,52,55)/b18-16-. The summed E-state index contributed by atoms with van der Waals surface area (Å²) < 4.78 is 5.45. The van der Waals surface area contributed by atoms with Gasteiger partial charge in [0.05, 0.1) is 25.4 Å². The molecule has 3 N–H and O–H groups in total. The number of ether oxygens (including phenoxy) is 1. The first-order valence-corrected chi connectivity index (χ1v) is 25.4. The van der Waals surface area contributed by atoms with Gasteiger partial charge in [0, 0.05) is 12.8 Å². The van der Waals surface area contributed by atoms with Gasteiger partial charge in [0.1, 0.15) is 0 Å². The molecule has 0 aromatic carbocycles. The topological polar surface area (TPSA) is 95.9 Å². The Morgan fingerprint density at radius 3 is 1.25 bits per heavy atom. The molecule has 0 fully saturated rings. The van der Waals surface area contributed by atoms with E-state index in [9.17, 15) is 19.8 Å². The third-order valence-electron chi connectivity index (χ3n) is 11.8. The van der Waals surface area contributed by atoms with Crippen LogP contribution in [0.2, 0.25) is 0 Å². The van der Waals surface area contributed by atoms with Gasteiger partial charge in [-0.15, -0.1) is 0 Å². The van der Waals surface area contributed by atoms with Gasteiger partial charge in [0.25, 0.3) is 0 Å². The Hall–Kier alpha value is -1.40. The SMILES string of the molecule is CCCCCCCCCCCCCCC(=O)OCCCCCCCC/C=C\CCCCCCCCCC(=O)NC(CO)C(O)CCCCCCCCCCCCC. The summed E-state index contributed by atoms with van der Waals surface area (Å²) in [6, 6.07) is -0.548. The number of hydrogen-bond acceptors (Lipinski definition) is 5. The summed E-state index contributed by atoms with van der Waals surface area (Å²) in [4.78, 5) is 24.4. The van der Waals surface area contributed by atoms with Crippen molar-refractivity contribution in [1.82, 2.24) is 5.32 Å². The molecule has 0 aromatic rings. The normalized spacial score (nSPS) is 12.7. The van der Waals surface area contributed by atoms with Crippen molar-refractivity contribution >= 4 is 11.9 Å². The zero-order valence-corrected chi connectivity index (χ0v) is 38.3. The number of unbranched alkanes of at least 4 members (excludes halogenated alkanes) is 34. The molecule has 338 valence electrons. The molecule has 0 bridgehead atoms. The van der Waals surface area contributed by atoms with Crippen LogP contribution in [0.5, 0.6) is 0 Å². The minimum atomic E-state index is -0.669. The second-order valence-electron chi connectivity index (χ2n) is 17.5. The quantitative estimate of drug-likeness (QED) is 0.0323. The molecule has 0 aliphatic carbocycles. The predicted octanol–water partition coefficient (Wildman–Crippen LogP) is 15.0. The van der Waals surface area contributed by atoms with Gasteiger partial charge >= 0.3 is 5.97 Å². The van der Waals surface area contributed by atoms with Crippen LogP contribution < -0.4 is 5.32 Å². The van der Waals surface area contributed by atoms with Crippen LogP contribution in [0.4, 0.5) is 0 Å². The van der Waals surface area contributed by atoms with Crippen molar-refractivity contribution in [2.24, 2.45) is 0 Å². The fourth-order valence-electron chi connectivity index (χ4n) is 7.87. The van der Waals surface area contributed by atoms with Crippen molar-refractivity contribution in [2.45, 2.75) is 289 Å². The molecule has 0 heterocycles. The largest absolute Gasteiger partial charge is 0.466 e. The highest BCUT2D eigenvalue weighted by Gasteiger charge is 2.20. The summed E-state index contributed by atoms with van der Waals surface area (Å²) in [5.41, 5.74) is 0. The van der Waals surface area contributed by atoms with E-state index < -0.39 is 12.1 Å². The van der Waals surface area contributed by atoms with E-state index in [-0.39, 0.29) is 18.5 Å². The van der Waals surface area contributed by atoms with Gasteiger partial charge in [-0.25, -0.2) is 0 Å². The molecule has 0 aromatic heterocycles. The van der Waals surface area contributed by atoms with E-state index in [2.05, 4.69) is 31.3 Å². The van der Waals surface area contributed by atoms with Gasteiger partial charge in [-0.2, -0.15) is 0 Å². The molecule has 0 rings (SSSR count). The van der Waals surface area contributed by atoms with Crippen molar-refractivity contribution in [2.75, 3.05) is 13.2 Å². The molecule has 6 nitrogen and oxygen atoms in total. The van der Waals surface area contributed by atoms with E-state index in [0.717, 1.165) is 51.4 Å². The van der Waals surface area contributed by atoms with Crippen molar-refractivity contribution in [3.63, 3.8) is 0 Å². The third-order valence-corrected chi connectivity index (χ3v) is 11.8. The summed E-state index contributed by atoms with van der Waals surface area (Å²) in [6.45, 7) is 4.92. The van der Waals surface area contributed by atoms with E-state index in [1.54, 1.807) is 0 Å². The van der Waals surface area contributed by atoms with E-state index in [1.165, 1.54) is 193 Å². The van der Waals surface area contributed by atoms with Gasteiger partial charge in [-0.3, -0.25) is 9.59 Å². The van der Waals surface area contributed by atoms with Crippen LogP contribution in [-0.2, 0) is 14.3 Å². The van der Waals surface area contributed by atoms with Crippen molar-refractivity contribution in [3.8, 4) is 0 Å². The van der Waals surface area contributed by atoms with E-state index in [4.69, 9.17) is 4.74 Å². The van der Waals surface area contributed by atoms with E-state index in [0.29, 0.717) is 25.9 Å². The molecule has 2 atom stereocenters. The van der Waals surface area contributed by atoms with Crippen LogP contribution in [-0.4, -0.2) is 47.4 Å². The van der Waals surface area contributed by atoms with Gasteiger partial charge in [-0.05, 0) is 51.4 Å². The van der Waals surface area contributed by atoms with Crippen molar-refractivity contribution < 1.29 is 24.5 Å². The molecule has 6 heteroatoms. The van der Waals surface area contributed by atoms with Gasteiger partial charge in [-0.1, -0.05) is 225 Å². The lowest BCUT2D eigenvalue weighted by atomic mass is 10.0. The Kier molecular flexibility index (Phi) is 46.1. The number of aliphatic hydroxyl groups is 2. The van der Waals surface area contributed by atoms with Crippen LogP contribution in [0.3, 0.4) is 0 Å². The maximum Gasteiger partial charge on any atom is 0.305 e. The van der Waals surface area contributed by atoms with Crippen molar-refractivity contribution in [3.05, 3.63) is 12.2 Å². The second kappa shape index (κ2) is 47.3. The lowest BCUT2D eigenvalue weighted by molar-refractivity contribution is -0.143. The van der Waals surface area contributed by atoms with Gasteiger partial charge < -0.3 is 20.3 Å². The summed E-state index contributed by atoms with van der Waals surface area (Å²) >= 11 is 0. The first kappa shape index (κ1) is 55.6. The second-order valence-corrected chi connectivity index (χ2v) is 17.5. The molecule has 0 aliphatic rings. The first-order valence-electron chi connectivity index (χ1n) is 25.4. The minimum Gasteiger partial charge on any atom is -0.466 e. The average molecular weight is 806 g/mol. The average Bonchev–Trinajstić information content (AvgIpc) is 3.21. The number of esters is 1. The molecular weight excluding hydrogens is 707 g/mol. The smallest absolute Gasteiger partial charge is 0.305 e. The van der Waals surface area contributed by atoms with Crippen LogP contribution >= 0.6 is 0 Å². The van der Waals surface area contributed by atoms with Crippen LogP contribution in [0, 0.1) is 0 Å². The summed E-state index contributed by atoms with van der Waals surface area (Å²) in [5, 5.41) is 23.1. The number of carbonyl (C=O) groups is 2. The number of rotatable bonds is 47. The van der Waals surface area contributed by atoms with Crippen LogP contribution in [0.1, 0.15) is 277 Å². The molecule has 0 saturated carbocycles. The number of aliphatic hydroxyl groups excluding tert-OH is 2. The number of nitrogens with one attached hydrogen (secondary N) is 1. The monoisotopic (exact) mass is 806 g/mol. The lowest BCUT2D eigenvalue weighted by Gasteiger charge is -2.22. The number of carbonyl (C=O) groups excluding carboxylic acids is 2. The molecular formula is C51H99NO5. The molecule has 57 heavy (non-hydrogen) atoms. The predicted molar refractivity (Wildman–Crippen MR) is 246 cm³/mol. The first-order chi connectivity index (χ1) is 28.0. The highest BCUT2D eigenvalue weighted by molar-refractivity contribution is 5.76. The van der Waals surface area contributed by atoms with Gasteiger partial charge in [0.15, 0.2) is 0 Å². The third kappa shape index (κ3) is 44.0. The van der Waals surface area contributed by atoms with Crippen LogP contribution in [0.25, 0.3) is 0 Å². The van der Waals surface area contributed by atoms with E-state index >= 15 is 0 Å². The fraction of sp³-hybridized carbons (Fsp3) is 0.922. The van der Waals surface area contributed by atoms with Gasteiger partial charge in [0.2, 0.25) is 5.91 Å². The van der Waals surface area contributed by atoms with Crippen LogP contribution in [0.15, 0.2) is 12.2 Å². The maximum atomic E-state index is 12.4. The number of allylic oxidation sites excluding steroid dienone is 2. The number of hydrogen-bond donors (Lipinski definition) is 3. The van der Waals surface area contributed by atoms with Crippen molar-refractivity contribution in [1.29, 1.82) is 0 Å². The Morgan fingerprint density at radius 2 is 0.825 bits per heavy atom. The molecule has 1 amide bonds. The Morgan fingerprint density at radius 1 is 0.474 bits per heavy atom. The highest BCUT2D eigenvalue weighted by Crippen LogP contribution is 2.16. The molecule has 0 radical (unpaired) electrons. The molecule has 2 unspecified atom stereocenters. The maximum absolute atomic E-state index is 12.4. The summed E-state index contributed by atoms with van der Waals surface area (Å²) in [6.07, 6.45) is 53.2. The highest BCUT2D eigenvalue weighted by atomic mass is 16.5. The zero-order chi connectivity index (χ0) is 41.5. The Labute approximate surface area is 355 Å². The summed E-state index contributed by atoms with van der Waals surface area (Å²) in [7, 11) is 0. The zero-order valence-electron chi connectivity index (χ0n) is 38.3. The fourth-order valence-corrected chi connectivity index (χ4v) is 7.87. The molecule has 0 saturated heterocycles.